The summed E-state index contributed by atoms with van der Waals surface area (Å²) in [6.45, 7) is 4.96. The highest BCUT2D eigenvalue weighted by Crippen LogP contribution is 2.48. The van der Waals surface area contributed by atoms with Gasteiger partial charge in [0.15, 0.2) is 5.16 Å². The van der Waals surface area contributed by atoms with E-state index < -0.39 is 0 Å². The zero-order chi connectivity index (χ0) is 26.1. The van der Waals surface area contributed by atoms with Gasteiger partial charge in [-0.05, 0) is 61.8 Å². The molecule has 1 saturated carbocycles. The largest absolute Gasteiger partial charge is 0.287 e. The summed E-state index contributed by atoms with van der Waals surface area (Å²) in [5, 5.41) is 0.840. The van der Waals surface area contributed by atoms with Crippen molar-refractivity contribution in [1.82, 2.24) is 9.55 Å². The molecule has 1 fully saturated rings. The molecule has 38 heavy (non-hydrogen) atoms. The highest BCUT2D eigenvalue weighted by atomic mass is 32.2. The number of aromatic nitrogens is 2. The van der Waals surface area contributed by atoms with Gasteiger partial charge in [0.05, 0.1) is 11.3 Å². The summed E-state index contributed by atoms with van der Waals surface area (Å²) in [5.41, 5.74) is 9.64. The molecule has 194 valence electrons. The number of hydrogen-bond donors (Lipinski definition) is 0. The first-order valence-corrected chi connectivity index (χ1v) is 15.0. The monoisotopic (exact) mass is 520 g/mol. The van der Waals surface area contributed by atoms with E-state index in [0.717, 1.165) is 53.4 Å². The molecule has 1 spiro atoms. The van der Waals surface area contributed by atoms with Crippen molar-refractivity contribution in [3.8, 4) is 11.3 Å². The van der Waals surface area contributed by atoms with Crippen molar-refractivity contribution in [3.05, 3.63) is 117 Å². The summed E-state index contributed by atoms with van der Waals surface area (Å²) in [6.07, 6.45) is 7.58. The Hall–Kier alpha value is -3.11. The SMILES string of the molecule is Cc1ccc(CSc2nc3c(c(=O)n2CCc2ccccc2)C2(CCCCC2)Cc2ccccc2-3)c(C)c1. The van der Waals surface area contributed by atoms with Gasteiger partial charge in [-0.15, -0.1) is 0 Å². The maximum Gasteiger partial charge on any atom is 0.258 e. The summed E-state index contributed by atoms with van der Waals surface area (Å²) in [4.78, 5) is 19.9. The van der Waals surface area contributed by atoms with Crippen molar-refractivity contribution in [2.45, 2.75) is 81.7 Å². The Morgan fingerprint density at radius 3 is 2.47 bits per heavy atom. The Morgan fingerprint density at radius 2 is 1.68 bits per heavy atom. The fourth-order valence-corrected chi connectivity index (χ4v) is 7.66. The van der Waals surface area contributed by atoms with Crippen LogP contribution in [-0.4, -0.2) is 9.55 Å². The second kappa shape index (κ2) is 10.6. The lowest BCUT2D eigenvalue weighted by Crippen LogP contribution is -2.43. The third kappa shape index (κ3) is 4.75. The fourth-order valence-electron chi connectivity index (χ4n) is 6.56. The van der Waals surface area contributed by atoms with Gasteiger partial charge >= 0.3 is 0 Å². The van der Waals surface area contributed by atoms with Crippen LogP contribution in [-0.2, 0) is 30.6 Å². The van der Waals surface area contributed by atoms with Crippen LogP contribution < -0.4 is 5.56 Å². The van der Waals surface area contributed by atoms with Crippen molar-refractivity contribution in [3.63, 3.8) is 0 Å². The van der Waals surface area contributed by atoms with Crippen LogP contribution in [0.4, 0.5) is 0 Å². The maximum absolute atomic E-state index is 14.6. The second-order valence-electron chi connectivity index (χ2n) is 11.2. The lowest BCUT2D eigenvalue weighted by Gasteiger charge is -2.42. The van der Waals surface area contributed by atoms with Crippen LogP contribution in [0.5, 0.6) is 0 Å². The van der Waals surface area contributed by atoms with E-state index in [9.17, 15) is 4.79 Å². The van der Waals surface area contributed by atoms with Gasteiger partial charge in [-0.2, -0.15) is 0 Å². The maximum atomic E-state index is 14.6. The Labute approximate surface area is 230 Å². The zero-order valence-corrected chi connectivity index (χ0v) is 23.3. The smallest absolute Gasteiger partial charge is 0.258 e. The van der Waals surface area contributed by atoms with Crippen molar-refractivity contribution in [2.75, 3.05) is 0 Å². The molecule has 3 aromatic carbocycles. The molecule has 2 aliphatic rings. The summed E-state index contributed by atoms with van der Waals surface area (Å²) >= 11 is 1.70. The highest BCUT2D eigenvalue weighted by Gasteiger charge is 2.43. The van der Waals surface area contributed by atoms with E-state index in [1.807, 2.05) is 10.6 Å². The zero-order valence-electron chi connectivity index (χ0n) is 22.5. The van der Waals surface area contributed by atoms with E-state index in [1.165, 1.54) is 47.1 Å². The van der Waals surface area contributed by atoms with Crippen LogP contribution in [0.3, 0.4) is 0 Å². The first-order chi connectivity index (χ1) is 18.5. The van der Waals surface area contributed by atoms with Crippen LogP contribution >= 0.6 is 11.8 Å². The molecule has 1 aromatic heterocycles. The Balaban J connectivity index is 1.48. The minimum absolute atomic E-state index is 0.0861. The number of aryl methyl sites for hydroxylation is 3. The Morgan fingerprint density at radius 1 is 0.921 bits per heavy atom. The van der Waals surface area contributed by atoms with Gasteiger partial charge in [0.25, 0.3) is 5.56 Å². The van der Waals surface area contributed by atoms with Crippen LogP contribution in [0.15, 0.2) is 82.7 Å². The number of benzene rings is 3. The third-order valence-corrected chi connectivity index (χ3v) is 9.62. The number of rotatable bonds is 6. The van der Waals surface area contributed by atoms with Gasteiger partial charge in [0.2, 0.25) is 0 Å². The average molecular weight is 521 g/mol. The molecule has 6 rings (SSSR count). The molecule has 4 heteroatoms. The molecule has 0 amide bonds. The van der Waals surface area contributed by atoms with Crippen molar-refractivity contribution in [2.24, 2.45) is 0 Å². The molecule has 0 aliphatic heterocycles. The molecule has 0 N–H and O–H groups in total. The minimum Gasteiger partial charge on any atom is -0.287 e. The molecular weight excluding hydrogens is 484 g/mol. The predicted molar refractivity (Wildman–Crippen MR) is 158 cm³/mol. The van der Waals surface area contributed by atoms with Crippen LogP contribution in [0, 0.1) is 13.8 Å². The van der Waals surface area contributed by atoms with Gasteiger partial charge < -0.3 is 0 Å². The number of nitrogens with zero attached hydrogens (tertiary/aromatic N) is 2. The van der Waals surface area contributed by atoms with Gasteiger partial charge in [0, 0.05) is 23.3 Å². The quantitative estimate of drug-likeness (QED) is 0.192. The van der Waals surface area contributed by atoms with E-state index in [-0.39, 0.29) is 11.0 Å². The molecular formula is C34H36N2OS. The van der Waals surface area contributed by atoms with E-state index in [1.54, 1.807) is 11.8 Å². The summed E-state index contributed by atoms with van der Waals surface area (Å²) < 4.78 is 2.00. The van der Waals surface area contributed by atoms with E-state index in [0.29, 0.717) is 6.54 Å². The molecule has 0 unspecified atom stereocenters. The molecule has 4 aromatic rings. The highest BCUT2D eigenvalue weighted by molar-refractivity contribution is 7.98. The topological polar surface area (TPSA) is 34.9 Å². The molecule has 0 bridgehead atoms. The van der Waals surface area contributed by atoms with Crippen LogP contribution in [0.25, 0.3) is 11.3 Å². The molecule has 2 aliphatic carbocycles. The van der Waals surface area contributed by atoms with Crippen molar-refractivity contribution >= 4 is 11.8 Å². The summed E-state index contributed by atoms with van der Waals surface area (Å²) in [7, 11) is 0. The number of fused-ring (bicyclic) bond motifs is 4. The van der Waals surface area contributed by atoms with Gasteiger partial charge in [-0.25, -0.2) is 4.98 Å². The Kier molecular flexibility index (Phi) is 7.01. The third-order valence-electron chi connectivity index (χ3n) is 8.60. The van der Waals surface area contributed by atoms with Crippen LogP contribution in [0.2, 0.25) is 0 Å². The van der Waals surface area contributed by atoms with Crippen LogP contribution in [0.1, 0.15) is 65.5 Å². The summed E-state index contributed by atoms with van der Waals surface area (Å²) in [6, 6.07) is 25.8. The standard InChI is InChI=1S/C34H36N2OS/c1-24-15-16-28(25(2)21-24)23-38-33-35-31-29-14-8-7-13-27(29)22-34(18-9-4-10-19-34)30(31)32(37)36(33)20-17-26-11-5-3-6-12-26/h3,5-8,11-16,21H,4,9-10,17-20,22-23H2,1-2H3. The average Bonchev–Trinajstić information content (AvgIpc) is 2.93. The molecule has 0 saturated heterocycles. The fraction of sp³-hybridized carbons (Fsp3) is 0.353. The van der Waals surface area contributed by atoms with Gasteiger partial charge in [-0.3, -0.25) is 9.36 Å². The van der Waals surface area contributed by atoms with E-state index in [2.05, 4.69) is 80.6 Å². The number of thioether (sulfide) groups is 1. The van der Waals surface area contributed by atoms with Crippen molar-refractivity contribution < 1.29 is 0 Å². The molecule has 0 radical (unpaired) electrons. The second-order valence-corrected chi connectivity index (χ2v) is 12.1. The van der Waals surface area contributed by atoms with Gasteiger partial charge in [-0.1, -0.05) is 109 Å². The lowest BCUT2D eigenvalue weighted by molar-refractivity contribution is 0.282. The van der Waals surface area contributed by atoms with E-state index >= 15 is 0 Å². The Bertz CT molecular complexity index is 1520. The molecule has 1 heterocycles. The molecule has 3 nitrogen and oxygen atoms in total. The molecule has 0 atom stereocenters. The van der Waals surface area contributed by atoms with Gasteiger partial charge in [0.1, 0.15) is 0 Å². The minimum atomic E-state index is -0.0861. The lowest BCUT2D eigenvalue weighted by atomic mass is 9.62. The van der Waals surface area contributed by atoms with E-state index in [4.69, 9.17) is 4.98 Å². The summed E-state index contributed by atoms with van der Waals surface area (Å²) in [5.74, 6) is 0.801. The first-order valence-electron chi connectivity index (χ1n) is 14.0. The first kappa shape index (κ1) is 25.2. The normalized spacial score (nSPS) is 15.7. The number of hydrogen-bond acceptors (Lipinski definition) is 3. The predicted octanol–water partition coefficient (Wildman–Crippen LogP) is 7.82. The van der Waals surface area contributed by atoms with Crippen molar-refractivity contribution in [1.29, 1.82) is 0 Å².